The molecule has 20 heavy (non-hydrogen) atoms. The number of carbonyl (C=O) groups excluding carboxylic acids is 2. The molecule has 1 rings (SSSR count). The van der Waals surface area contributed by atoms with Gasteiger partial charge < -0.3 is 26.8 Å². The molecule has 0 aliphatic carbocycles. The zero-order valence-electron chi connectivity index (χ0n) is 11.3. The van der Waals surface area contributed by atoms with Crippen LogP contribution in [-0.2, 0) is 4.79 Å². The van der Waals surface area contributed by atoms with Gasteiger partial charge in [0.25, 0.3) is 0 Å². The van der Waals surface area contributed by atoms with E-state index in [1.165, 1.54) is 7.11 Å². The number of carbonyl (C=O) groups is 2. The average molecular weight is 303 g/mol. The van der Waals surface area contributed by atoms with E-state index in [2.05, 4.69) is 10.6 Å². The summed E-state index contributed by atoms with van der Waals surface area (Å²) in [5, 5.41) is 5.08. The first-order valence-electron chi connectivity index (χ1n) is 5.78. The Morgan fingerprint density at radius 3 is 2.50 bits per heavy atom. The molecule has 112 valence electrons. The maximum Gasteiger partial charge on any atom is 0.316 e. The number of rotatable bonds is 5. The van der Waals surface area contributed by atoms with Crippen molar-refractivity contribution in [2.45, 2.75) is 19.4 Å². The number of anilines is 2. The van der Waals surface area contributed by atoms with Crippen molar-refractivity contribution in [1.29, 1.82) is 0 Å². The number of ether oxygens (including phenoxy) is 1. The molecule has 0 aliphatic rings. The number of amides is 3. The van der Waals surface area contributed by atoms with Gasteiger partial charge in [-0.15, -0.1) is 12.4 Å². The monoisotopic (exact) mass is 302 g/mol. The van der Waals surface area contributed by atoms with Crippen LogP contribution in [0.25, 0.3) is 0 Å². The normalized spacial score (nSPS) is 10.9. The van der Waals surface area contributed by atoms with E-state index in [4.69, 9.17) is 16.2 Å². The second-order valence-corrected chi connectivity index (χ2v) is 3.91. The summed E-state index contributed by atoms with van der Waals surface area (Å²) < 4.78 is 5.10. The molecule has 6 N–H and O–H groups in total. The number of benzene rings is 1. The highest BCUT2D eigenvalue weighted by Crippen LogP contribution is 2.27. The maximum atomic E-state index is 11.6. The van der Waals surface area contributed by atoms with Gasteiger partial charge in [-0.3, -0.25) is 4.79 Å². The fourth-order valence-corrected chi connectivity index (χ4v) is 1.43. The minimum absolute atomic E-state index is 0. The molecule has 0 aromatic heterocycles. The molecule has 0 aliphatic heterocycles. The molecule has 0 saturated heterocycles. The predicted octanol–water partition coefficient (Wildman–Crippen LogP) is 1.28. The highest BCUT2D eigenvalue weighted by Gasteiger charge is 2.12. The minimum Gasteiger partial charge on any atom is -0.494 e. The molecule has 1 aromatic rings. The van der Waals surface area contributed by atoms with E-state index >= 15 is 0 Å². The third-order valence-electron chi connectivity index (χ3n) is 2.50. The van der Waals surface area contributed by atoms with E-state index in [1.807, 2.05) is 6.92 Å². The summed E-state index contributed by atoms with van der Waals surface area (Å²) in [5.74, 6) is 0.113. The zero-order chi connectivity index (χ0) is 14.4. The lowest BCUT2D eigenvalue weighted by molar-refractivity contribution is -0.117. The molecule has 8 heteroatoms. The SMILES string of the molecule is CC[C@H](N)C(=O)Nc1ccc(NC(N)=O)c(OC)c1.Cl. The van der Waals surface area contributed by atoms with Crippen LogP contribution in [-0.4, -0.2) is 25.1 Å². The summed E-state index contributed by atoms with van der Waals surface area (Å²) >= 11 is 0. The summed E-state index contributed by atoms with van der Waals surface area (Å²) in [6, 6.07) is 3.52. The van der Waals surface area contributed by atoms with Gasteiger partial charge in [-0.2, -0.15) is 0 Å². The molecule has 7 nitrogen and oxygen atoms in total. The van der Waals surface area contributed by atoms with Gasteiger partial charge in [0.15, 0.2) is 0 Å². The van der Waals surface area contributed by atoms with Gasteiger partial charge in [0.1, 0.15) is 5.75 Å². The summed E-state index contributed by atoms with van der Waals surface area (Å²) in [6.45, 7) is 1.82. The lowest BCUT2D eigenvalue weighted by atomic mass is 10.2. The highest BCUT2D eigenvalue weighted by atomic mass is 35.5. The average Bonchev–Trinajstić information content (AvgIpc) is 2.38. The van der Waals surface area contributed by atoms with Gasteiger partial charge in [-0.05, 0) is 18.6 Å². The number of nitrogens with one attached hydrogen (secondary N) is 2. The van der Waals surface area contributed by atoms with Gasteiger partial charge in [-0.1, -0.05) is 6.92 Å². The number of methoxy groups -OCH3 is 1. The van der Waals surface area contributed by atoms with Crippen LogP contribution in [0.3, 0.4) is 0 Å². The molecular formula is C12H19ClN4O3. The minimum atomic E-state index is -0.692. The van der Waals surface area contributed by atoms with Crippen LogP contribution in [0.2, 0.25) is 0 Å². The quantitative estimate of drug-likeness (QED) is 0.655. The number of halogens is 1. The topological polar surface area (TPSA) is 119 Å². The largest absolute Gasteiger partial charge is 0.494 e. The Kier molecular flexibility index (Phi) is 7.42. The Morgan fingerprint density at radius 1 is 1.35 bits per heavy atom. The molecular weight excluding hydrogens is 284 g/mol. The first-order valence-corrected chi connectivity index (χ1v) is 5.78. The van der Waals surface area contributed by atoms with Crippen molar-refractivity contribution in [1.82, 2.24) is 0 Å². The first-order chi connectivity index (χ1) is 8.97. The number of hydrogen-bond donors (Lipinski definition) is 4. The van der Waals surface area contributed by atoms with Gasteiger partial charge in [-0.25, -0.2) is 4.79 Å². The molecule has 1 atom stereocenters. The van der Waals surface area contributed by atoms with Gasteiger partial charge >= 0.3 is 6.03 Å². The Labute approximate surface area is 123 Å². The maximum absolute atomic E-state index is 11.6. The second-order valence-electron chi connectivity index (χ2n) is 3.91. The van der Waals surface area contributed by atoms with Crippen molar-refractivity contribution in [3.05, 3.63) is 18.2 Å². The van der Waals surface area contributed by atoms with Crippen molar-refractivity contribution >= 4 is 35.7 Å². The number of hydrogen-bond acceptors (Lipinski definition) is 4. The lowest BCUT2D eigenvalue weighted by Crippen LogP contribution is -2.34. The number of urea groups is 1. The van der Waals surface area contributed by atoms with Gasteiger partial charge in [0, 0.05) is 11.8 Å². The van der Waals surface area contributed by atoms with Crippen molar-refractivity contribution in [2.24, 2.45) is 11.5 Å². The Balaban J connectivity index is 0.00000361. The Morgan fingerprint density at radius 2 is 2.00 bits per heavy atom. The summed E-state index contributed by atoms with van der Waals surface area (Å²) in [6.07, 6.45) is 0.546. The van der Waals surface area contributed by atoms with E-state index < -0.39 is 12.1 Å². The second kappa shape index (κ2) is 8.23. The molecule has 0 radical (unpaired) electrons. The standard InChI is InChI=1S/C12H18N4O3.ClH/c1-3-8(13)11(17)15-7-4-5-9(16-12(14)18)10(6-7)19-2;/h4-6,8H,3,13H2,1-2H3,(H,15,17)(H3,14,16,18);1H/t8-;/m0./s1. The van der Waals surface area contributed by atoms with Crippen LogP contribution < -0.4 is 26.8 Å². The molecule has 0 spiro atoms. The van der Waals surface area contributed by atoms with Crippen molar-refractivity contribution in [3.8, 4) is 5.75 Å². The van der Waals surface area contributed by atoms with Crippen LogP contribution in [0.1, 0.15) is 13.3 Å². The van der Waals surface area contributed by atoms with E-state index in [9.17, 15) is 9.59 Å². The lowest BCUT2D eigenvalue weighted by Gasteiger charge is -2.13. The highest BCUT2D eigenvalue weighted by molar-refractivity contribution is 5.96. The zero-order valence-corrected chi connectivity index (χ0v) is 12.1. The van der Waals surface area contributed by atoms with E-state index in [1.54, 1.807) is 18.2 Å². The molecule has 3 amide bonds. The van der Waals surface area contributed by atoms with Gasteiger partial charge in [0.2, 0.25) is 5.91 Å². The smallest absolute Gasteiger partial charge is 0.316 e. The number of primary amides is 1. The third-order valence-corrected chi connectivity index (χ3v) is 2.50. The summed E-state index contributed by atoms with van der Waals surface area (Å²) in [5.41, 5.74) is 11.6. The molecule has 0 fully saturated rings. The number of nitrogens with two attached hydrogens (primary N) is 2. The fraction of sp³-hybridized carbons (Fsp3) is 0.333. The van der Waals surface area contributed by atoms with Crippen LogP contribution in [0, 0.1) is 0 Å². The predicted molar refractivity (Wildman–Crippen MR) is 80.3 cm³/mol. The van der Waals surface area contributed by atoms with E-state index in [0.29, 0.717) is 23.5 Å². The molecule has 0 saturated carbocycles. The first kappa shape index (κ1) is 18.0. The molecule has 0 bridgehead atoms. The molecule has 1 aromatic carbocycles. The molecule has 0 unspecified atom stereocenters. The van der Waals surface area contributed by atoms with E-state index in [0.717, 1.165) is 0 Å². The summed E-state index contributed by atoms with van der Waals surface area (Å²) in [7, 11) is 1.45. The van der Waals surface area contributed by atoms with Crippen LogP contribution in [0.15, 0.2) is 18.2 Å². The Hall–Kier alpha value is -1.99. The third kappa shape index (κ3) is 4.94. The molecule has 0 heterocycles. The van der Waals surface area contributed by atoms with Crippen molar-refractivity contribution in [2.75, 3.05) is 17.7 Å². The van der Waals surface area contributed by atoms with Crippen LogP contribution in [0.5, 0.6) is 5.75 Å². The van der Waals surface area contributed by atoms with Crippen molar-refractivity contribution < 1.29 is 14.3 Å². The van der Waals surface area contributed by atoms with Gasteiger partial charge in [0.05, 0.1) is 18.8 Å². The fourth-order valence-electron chi connectivity index (χ4n) is 1.43. The van der Waals surface area contributed by atoms with E-state index in [-0.39, 0.29) is 18.3 Å². The summed E-state index contributed by atoms with van der Waals surface area (Å²) in [4.78, 5) is 22.4. The van der Waals surface area contributed by atoms with Crippen LogP contribution in [0.4, 0.5) is 16.2 Å². The van der Waals surface area contributed by atoms with Crippen molar-refractivity contribution in [3.63, 3.8) is 0 Å². The van der Waals surface area contributed by atoms with Crippen LogP contribution >= 0.6 is 12.4 Å². The Bertz CT molecular complexity index is 482.